The molecule has 0 unspecified atom stereocenters. The summed E-state index contributed by atoms with van der Waals surface area (Å²) in [6.07, 6.45) is 1.09. The van der Waals surface area contributed by atoms with Crippen LogP contribution < -0.4 is 9.73 Å². The topological polar surface area (TPSA) is 78.8 Å². The molecule has 0 aliphatic rings. The summed E-state index contributed by atoms with van der Waals surface area (Å²) in [7, 11) is -3.69. The van der Waals surface area contributed by atoms with E-state index < -0.39 is 15.9 Å². The number of nitrogens with zero attached hydrogens (tertiary/aromatic N) is 2. The second-order valence-electron chi connectivity index (χ2n) is 8.83. The van der Waals surface area contributed by atoms with Crippen LogP contribution in [0.15, 0.2) is 71.8 Å². The molecule has 0 saturated heterocycles. The van der Waals surface area contributed by atoms with Gasteiger partial charge in [-0.15, -0.1) is 0 Å². The molecular formula is C25H29N3O3S. The lowest BCUT2D eigenvalue weighted by Crippen LogP contribution is -2.39. The van der Waals surface area contributed by atoms with Crippen molar-refractivity contribution in [2.45, 2.75) is 33.1 Å². The number of benzene rings is 3. The van der Waals surface area contributed by atoms with E-state index in [1.807, 2.05) is 54.6 Å². The monoisotopic (exact) mass is 451 g/mol. The molecule has 0 saturated carbocycles. The summed E-state index contributed by atoms with van der Waals surface area (Å²) in [5, 5.41) is 5.82. The lowest BCUT2D eigenvalue weighted by molar-refractivity contribution is -0.119. The molecule has 0 fully saturated rings. The highest BCUT2D eigenvalue weighted by molar-refractivity contribution is 7.92. The molecule has 0 aliphatic carbocycles. The Bertz CT molecular complexity index is 1250. The van der Waals surface area contributed by atoms with Crippen LogP contribution in [0, 0.1) is 0 Å². The Hall–Kier alpha value is -3.19. The normalized spacial score (nSPS) is 12.6. The van der Waals surface area contributed by atoms with E-state index in [9.17, 15) is 13.2 Å². The molecule has 1 N–H and O–H groups in total. The van der Waals surface area contributed by atoms with E-state index in [0.29, 0.717) is 11.4 Å². The molecule has 0 heterocycles. The van der Waals surface area contributed by atoms with Crippen molar-refractivity contribution in [3.8, 4) is 0 Å². The number of carbonyl (C=O) groups is 1. The summed E-state index contributed by atoms with van der Waals surface area (Å²) >= 11 is 0. The van der Waals surface area contributed by atoms with E-state index in [0.717, 1.165) is 26.9 Å². The van der Waals surface area contributed by atoms with Gasteiger partial charge in [0, 0.05) is 5.39 Å². The molecule has 3 rings (SSSR count). The molecule has 0 spiro atoms. The molecule has 6 nitrogen and oxygen atoms in total. The van der Waals surface area contributed by atoms with Crippen molar-refractivity contribution in [3.05, 3.63) is 77.9 Å². The third-order valence-electron chi connectivity index (χ3n) is 5.24. The number of hydrazone groups is 1. The molecule has 3 aromatic carbocycles. The van der Waals surface area contributed by atoms with Gasteiger partial charge < -0.3 is 0 Å². The van der Waals surface area contributed by atoms with Gasteiger partial charge in [0.2, 0.25) is 10.0 Å². The van der Waals surface area contributed by atoms with Crippen molar-refractivity contribution in [3.63, 3.8) is 0 Å². The van der Waals surface area contributed by atoms with Gasteiger partial charge >= 0.3 is 0 Å². The molecule has 0 aliphatic heterocycles. The molecule has 0 aromatic heterocycles. The summed E-state index contributed by atoms with van der Waals surface area (Å²) in [5.41, 5.74) is 5.72. The zero-order valence-corrected chi connectivity index (χ0v) is 19.9. The first-order chi connectivity index (χ1) is 15.0. The molecule has 0 atom stereocenters. The van der Waals surface area contributed by atoms with Crippen molar-refractivity contribution >= 4 is 38.1 Å². The van der Waals surface area contributed by atoms with Crippen LogP contribution in [0.5, 0.6) is 0 Å². The Balaban J connectivity index is 1.79. The molecular weight excluding hydrogens is 422 g/mol. The summed E-state index contributed by atoms with van der Waals surface area (Å²) in [6, 6.07) is 20.8. The molecule has 1 amide bonds. The average molecular weight is 452 g/mol. The van der Waals surface area contributed by atoms with Crippen LogP contribution in [-0.4, -0.2) is 32.8 Å². The number of sulfonamides is 1. The third-order valence-corrected chi connectivity index (χ3v) is 6.37. The van der Waals surface area contributed by atoms with Crippen LogP contribution >= 0.6 is 0 Å². The lowest BCUT2D eigenvalue weighted by Gasteiger charge is -2.23. The molecule has 7 heteroatoms. The minimum atomic E-state index is -3.69. The largest absolute Gasteiger partial charge is 0.271 e. The van der Waals surface area contributed by atoms with Crippen molar-refractivity contribution in [1.29, 1.82) is 0 Å². The first kappa shape index (κ1) is 23.5. The quantitative estimate of drug-likeness (QED) is 0.444. The van der Waals surface area contributed by atoms with E-state index >= 15 is 0 Å². The van der Waals surface area contributed by atoms with E-state index in [4.69, 9.17) is 0 Å². The summed E-state index contributed by atoms with van der Waals surface area (Å²) in [4.78, 5) is 12.6. The van der Waals surface area contributed by atoms with Crippen molar-refractivity contribution in [2.24, 2.45) is 5.10 Å². The SMILES string of the molecule is C/C(=N/NC(=O)CN(c1cccc2ccccc12)S(C)(=O)=O)c1ccc(C(C)(C)C)cc1. The highest BCUT2D eigenvalue weighted by atomic mass is 32.2. The Morgan fingerprint density at radius 1 is 0.969 bits per heavy atom. The minimum Gasteiger partial charge on any atom is -0.271 e. The van der Waals surface area contributed by atoms with Crippen LogP contribution in [-0.2, 0) is 20.2 Å². The van der Waals surface area contributed by atoms with Crippen LogP contribution in [0.3, 0.4) is 0 Å². The maximum absolute atomic E-state index is 12.6. The molecule has 32 heavy (non-hydrogen) atoms. The average Bonchev–Trinajstić information content (AvgIpc) is 2.74. The van der Waals surface area contributed by atoms with Crippen LogP contribution in [0.25, 0.3) is 10.8 Å². The Labute approximate surface area is 190 Å². The highest BCUT2D eigenvalue weighted by Crippen LogP contribution is 2.28. The number of rotatable bonds is 6. The summed E-state index contributed by atoms with van der Waals surface area (Å²) < 4.78 is 26.1. The highest BCUT2D eigenvalue weighted by Gasteiger charge is 2.22. The standard InChI is InChI=1S/C25H29N3O3S/c1-18(19-13-15-21(16-14-19)25(2,3)4)26-27-24(29)17-28(32(5,30)31)23-12-8-10-20-9-6-7-11-22(20)23/h6-16H,17H2,1-5H3,(H,27,29)/b26-18-. The number of amides is 1. The van der Waals surface area contributed by atoms with Gasteiger partial charge in [-0.25, -0.2) is 13.8 Å². The van der Waals surface area contributed by atoms with Crippen molar-refractivity contribution in [2.75, 3.05) is 17.1 Å². The van der Waals surface area contributed by atoms with Gasteiger partial charge in [0.15, 0.2) is 0 Å². The fourth-order valence-corrected chi connectivity index (χ4v) is 4.26. The third kappa shape index (κ3) is 5.53. The van der Waals surface area contributed by atoms with E-state index in [2.05, 4.69) is 31.3 Å². The molecule has 0 radical (unpaired) electrons. The van der Waals surface area contributed by atoms with Gasteiger partial charge in [0.1, 0.15) is 6.54 Å². The number of hydrogen-bond donors (Lipinski definition) is 1. The Kier molecular flexibility index (Phi) is 6.69. The maximum atomic E-state index is 12.6. The summed E-state index contributed by atoms with van der Waals surface area (Å²) in [5.74, 6) is -0.519. The number of nitrogens with one attached hydrogen (secondary N) is 1. The van der Waals surface area contributed by atoms with E-state index in [1.54, 1.807) is 19.1 Å². The minimum absolute atomic E-state index is 0.0501. The number of carbonyl (C=O) groups excluding carboxylic acids is 1. The van der Waals surface area contributed by atoms with Gasteiger partial charge in [-0.3, -0.25) is 9.10 Å². The first-order valence-corrected chi connectivity index (χ1v) is 12.2. The van der Waals surface area contributed by atoms with Gasteiger partial charge in [-0.1, -0.05) is 81.4 Å². The molecule has 0 bridgehead atoms. The van der Waals surface area contributed by atoms with Crippen LogP contribution in [0.4, 0.5) is 5.69 Å². The lowest BCUT2D eigenvalue weighted by atomic mass is 9.86. The number of hydrogen-bond acceptors (Lipinski definition) is 4. The van der Waals surface area contributed by atoms with Crippen molar-refractivity contribution < 1.29 is 13.2 Å². The van der Waals surface area contributed by atoms with Gasteiger partial charge in [-0.05, 0) is 34.9 Å². The second-order valence-corrected chi connectivity index (χ2v) is 10.7. The van der Waals surface area contributed by atoms with Crippen molar-refractivity contribution in [1.82, 2.24) is 5.43 Å². The smallest absolute Gasteiger partial charge is 0.260 e. The maximum Gasteiger partial charge on any atom is 0.260 e. The van der Waals surface area contributed by atoms with Crippen LogP contribution in [0.2, 0.25) is 0 Å². The van der Waals surface area contributed by atoms with Gasteiger partial charge in [-0.2, -0.15) is 5.10 Å². The van der Waals surface area contributed by atoms with Gasteiger partial charge in [0.25, 0.3) is 5.91 Å². The predicted octanol–water partition coefficient (Wildman–Crippen LogP) is 4.44. The molecule has 3 aromatic rings. The molecule has 168 valence electrons. The fourth-order valence-electron chi connectivity index (χ4n) is 3.39. The fraction of sp³-hybridized carbons (Fsp3) is 0.280. The number of fused-ring (bicyclic) bond motifs is 1. The second kappa shape index (κ2) is 9.12. The summed E-state index contributed by atoms with van der Waals surface area (Å²) in [6.45, 7) is 7.87. The Morgan fingerprint density at radius 2 is 1.59 bits per heavy atom. The van der Waals surface area contributed by atoms with E-state index in [1.165, 1.54) is 5.56 Å². The van der Waals surface area contributed by atoms with Gasteiger partial charge in [0.05, 0.1) is 17.7 Å². The first-order valence-electron chi connectivity index (χ1n) is 10.4. The Morgan fingerprint density at radius 3 is 2.22 bits per heavy atom. The number of anilines is 1. The van der Waals surface area contributed by atoms with Crippen LogP contribution in [0.1, 0.15) is 38.8 Å². The van der Waals surface area contributed by atoms with E-state index in [-0.39, 0.29) is 12.0 Å². The zero-order chi connectivity index (χ0) is 23.5. The predicted molar refractivity (Wildman–Crippen MR) is 132 cm³/mol. The zero-order valence-electron chi connectivity index (χ0n) is 19.1.